The molecule has 0 aliphatic heterocycles. The summed E-state index contributed by atoms with van der Waals surface area (Å²) < 4.78 is 0. The van der Waals surface area contributed by atoms with E-state index in [2.05, 4.69) is 10.6 Å². The molecule has 6 heteroatoms. The van der Waals surface area contributed by atoms with Crippen molar-refractivity contribution in [1.29, 1.82) is 0 Å². The Balaban J connectivity index is 2.00. The van der Waals surface area contributed by atoms with Crippen molar-refractivity contribution in [2.45, 2.75) is 33.6 Å². The number of rotatable bonds is 6. The standard InChI is InChI=1S/C19H22N2O3S/c1-11-10-15(13(3)25-11)17(22)8-9-18(23)21-16-7-5-6-14(12(16)2)19(24)20-4/h5-7,10H,8-9H2,1-4H3,(H,20,24)(H,21,23). The first-order valence-corrected chi connectivity index (χ1v) is 8.87. The van der Waals surface area contributed by atoms with Gasteiger partial charge in [-0.05, 0) is 44.5 Å². The number of benzene rings is 1. The van der Waals surface area contributed by atoms with Crippen molar-refractivity contribution in [2.24, 2.45) is 0 Å². The van der Waals surface area contributed by atoms with E-state index < -0.39 is 0 Å². The van der Waals surface area contributed by atoms with Gasteiger partial charge < -0.3 is 10.6 Å². The number of ketones is 1. The molecule has 0 radical (unpaired) electrons. The minimum absolute atomic E-state index is 0.0205. The number of hydrogen-bond acceptors (Lipinski definition) is 4. The van der Waals surface area contributed by atoms with E-state index in [0.717, 1.165) is 9.75 Å². The predicted octanol–water partition coefficient (Wildman–Crippen LogP) is 3.63. The Morgan fingerprint density at radius 3 is 2.36 bits per heavy atom. The number of anilines is 1. The van der Waals surface area contributed by atoms with Gasteiger partial charge in [-0.15, -0.1) is 11.3 Å². The van der Waals surface area contributed by atoms with Crippen molar-refractivity contribution >= 4 is 34.6 Å². The molecular weight excluding hydrogens is 336 g/mol. The number of thiophene rings is 1. The maximum atomic E-state index is 12.3. The van der Waals surface area contributed by atoms with Crippen LogP contribution in [-0.4, -0.2) is 24.6 Å². The molecule has 2 N–H and O–H groups in total. The molecule has 1 heterocycles. The molecule has 1 aromatic carbocycles. The van der Waals surface area contributed by atoms with E-state index in [0.29, 0.717) is 22.4 Å². The van der Waals surface area contributed by atoms with Gasteiger partial charge in [0.25, 0.3) is 5.91 Å². The molecule has 5 nitrogen and oxygen atoms in total. The Labute approximate surface area is 151 Å². The van der Waals surface area contributed by atoms with E-state index in [1.807, 2.05) is 19.9 Å². The molecule has 0 aliphatic rings. The fraction of sp³-hybridized carbons (Fsp3) is 0.316. The number of carbonyl (C=O) groups is 3. The molecule has 132 valence electrons. The Hall–Kier alpha value is -2.47. The molecule has 2 aromatic rings. The molecular formula is C19H22N2O3S. The van der Waals surface area contributed by atoms with Gasteiger partial charge >= 0.3 is 0 Å². The van der Waals surface area contributed by atoms with Crippen LogP contribution < -0.4 is 10.6 Å². The molecule has 25 heavy (non-hydrogen) atoms. The summed E-state index contributed by atoms with van der Waals surface area (Å²) >= 11 is 1.58. The van der Waals surface area contributed by atoms with Gasteiger partial charge in [-0.25, -0.2) is 0 Å². The Kier molecular flexibility index (Phi) is 6.09. The third-order valence-electron chi connectivity index (χ3n) is 4.00. The zero-order chi connectivity index (χ0) is 18.6. The van der Waals surface area contributed by atoms with Gasteiger partial charge in [0, 0.05) is 46.5 Å². The van der Waals surface area contributed by atoms with Crippen LogP contribution >= 0.6 is 11.3 Å². The van der Waals surface area contributed by atoms with Crippen molar-refractivity contribution in [3.05, 3.63) is 50.7 Å². The van der Waals surface area contributed by atoms with Crippen LogP contribution in [0.15, 0.2) is 24.3 Å². The van der Waals surface area contributed by atoms with Crippen LogP contribution in [0.25, 0.3) is 0 Å². The molecule has 0 spiro atoms. The Morgan fingerprint density at radius 2 is 1.76 bits per heavy atom. The minimum Gasteiger partial charge on any atom is -0.355 e. The van der Waals surface area contributed by atoms with Gasteiger partial charge in [0.1, 0.15) is 0 Å². The molecule has 2 amide bonds. The van der Waals surface area contributed by atoms with Crippen molar-refractivity contribution in [2.75, 3.05) is 12.4 Å². The lowest BCUT2D eigenvalue weighted by molar-refractivity contribution is -0.116. The van der Waals surface area contributed by atoms with Crippen LogP contribution in [0.5, 0.6) is 0 Å². The Morgan fingerprint density at radius 1 is 1.04 bits per heavy atom. The lowest BCUT2D eigenvalue weighted by atomic mass is 10.0. The van der Waals surface area contributed by atoms with Gasteiger partial charge in [-0.2, -0.15) is 0 Å². The summed E-state index contributed by atoms with van der Waals surface area (Å²) in [6, 6.07) is 7.04. The number of Topliss-reactive ketones (excluding diaryl/α,β-unsaturated/α-hetero) is 1. The minimum atomic E-state index is -0.241. The Bertz CT molecular complexity index is 824. The smallest absolute Gasteiger partial charge is 0.251 e. The highest BCUT2D eigenvalue weighted by Gasteiger charge is 2.15. The SMILES string of the molecule is CNC(=O)c1cccc(NC(=O)CCC(=O)c2cc(C)sc2C)c1C. The van der Waals surface area contributed by atoms with Crippen LogP contribution in [0.4, 0.5) is 5.69 Å². The van der Waals surface area contributed by atoms with Gasteiger partial charge in [0.15, 0.2) is 5.78 Å². The van der Waals surface area contributed by atoms with Crippen LogP contribution in [0.3, 0.4) is 0 Å². The largest absolute Gasteiger partial charge is 0.355 e. The molecule has 0 atom stereocenters. The zero-order valence-corrected chi connectivity index (χ0v) is 15.7. The summed E-state index contributed by atoms with van der Waals surface area (Å²) in [5, 5.41) is 5.36. The van der Waals surface area contributed by atoms with Crippen LogP contribution in [0.2, 0.25) is 0 Å². The average molecular weight is 358 g/mol. The fourth-order valence-electron chi connectivity index (χ4n) is 2.63. The normalized spacial score (nSPS) is 10.4. The van der Waals surface area contributed by atoms with Crippen molar-refractivity contribution < 1.29 is 14.4 Å². The van der Waals surface area contributed by atoms with Gasteiger partial charge in [0.05, 0.1) is 0 Å². The summed E-state index contributed by atoms with van der Waals surface area (Å²) in [6.45, 7) is 5.66. The van der Waals surface area contributed by atoms with E-state index >= 15 is 0 Å². The first kappa shape index (κ1) is 18.9. The van der Waals surface area contributed by atoms with Gasteiger partial charge in [-0.3, -0.25) is 14.4 Å². The van der Waals surface area contributed by atoms with E-state index in [4.69, 9.17) is 0 Å². The molecule has 0 fully saturated rings. The van der Waals surface area contributed by atoms with Gasteiger partial charge in [0.2, 0.25) is 5.91 Å². The average Bonchev–Trinajstić information content (AvgIpc) is 2.92. The molecule has 2 rings (SSSR count). The van der Waals surface area contributed by atoms with Gasteiger partial charge in [-0.1, -0.05) is 6.07 Å². The maximum Gasteiger partial charge on any atom is 0.251 e. The quantitative estimate of drug-likeness (QED) is 0.774. The number of aryl methyl sites for hydroxylation is 2. The second-order valence-electron chi connectivity index (χ2n) is 5.86. The first-order valence-electron chi connectivity index (χ1n) is 8.05. The maximum absolute atomic E-state index is 12.3. The van der Waals surface area contributed by atoms with E-state index in [1.165, 1.54) is 0 Å². The molecule has 0 saturated carbocycles. The van der Waals surface area contributed by atoms with Crippen molar-refractivity contribution in [3.8, 4) is 0 Å². The molecule has 0 bridgehead atoms. The third-order valence-corrected chi connectivity index (χ3v) is 4.97. The topological polar surface area (TPSA) is 75.3 Å². The van der Waals surface area contributed by atoms with E-state index in [1.54, 1.807) is 43.5 Å². The summed E-state index contributed by atoms with van der Waals surface area (Å²) in [7, 11) is 1.56. The second-order valence-corrected chi connectivity index (χ2v) is 7.32. The number of carbonyl (C=O) groups excluding carboxylic acids is 3. The summed E-state index contributed by atoms with van der Waals surface area (Å²) in [6.07, 6.45) is 0.272. The first-order chi connectivity index (χ1) is 11.8. The lowest BCUT2D eigenvalue weighted by Gasteiger charge is -2.11. The number of hydrogen-bond donors (Lipinski definition) is 2. The van der Waals surface area contributed by atoms with Crippen LogP contribution in [0, 0.1) is 20.8 Å². The van der Waals surface area contributed by atoms with Crippen molar-refractivity contribution in [1.82, 2.24) is 5.32 Å². The highest BCUT2D eigenvalue weighted by atomic mass is 32.1. The highest BCUT2D eigenvalue weighted by molar-refractivity contribution is 7.12. The monoisotopic (exact) mass is 358 g/mol. The molecule has 0 unspecified atom stereocenters. The predicted molar refractivity (Wildman–Crippen MR) is 101 cm³/mol. The van der Waals surface area contributed by atoms with E-state index in [-0.39, 0.29) is 30.4 Å². The highest BCUT2D eigenvalue weighted by Crippen LogP contribution is 2.23. The van der Waals surface area contributed by atoms with E-state index in [9.17, 15) is 14.4 Å². The number of amides is 2. The molecule has 0 saturated heterocycles. The van der Waals surface area contributed by atoms with Crippen LogP contribution in [0.1, 0.15) is 48.9 Å². The number of nitrogens with one attached hydrogen (secondary N) is 2. The summed E-state index contributed by atoms with van der Waals surface area (Å²) in [4.78, 5) is 38.3. The summed E-state index contributed by atoms with van der Waals surface area (Å²) in [5.41, 5.74) is 2.50. The lowest BCUT2D eigenvalue weighted by Crippen LogP contribution is -2.20. The second kappa shape index (κ2) is 8.07. The molecule has 1 aromatic heterocycles. The van der Waals surface area contributed by atoms with Crippen LogP contribution in [-0.2, 0) is 4.79 Å². The zero-order valence-electron chi connectivity index (χ0n) is 14.9. The summed E-state index contributed by atoms with van der Waals surface area (Å²) in [5.74, 6) is -0.463. The fourth-order valence-corrected chi connectivity index (χ4v) is 3.58. The molecule has 0 aliphatic carbocycles. The third kappa shape index (κ3) is 4.54. The van der Waals surface area contributed by atoms with Crippen molar-refractivity contribution in [3.63, 3.8) is 0 Å².